The molecular weight excluding hydrogens is 267 g/mol. The molecule has 0 spiro atoms. The fourth-order valence-corrected chi connectivity index (χ4v) is 2.06. The van der Waals surface area contributed by atoms with E-state index in [1.165, 1.54) is 11.6 Å². The summed E-state index contributed by atoms with van der Waals surface area (Å²) in [5.41, 5.74) is 2.30. The van der Waals surface area contributed by atoms with Crippen molar-refractivity contribution < 1.29 is 0 Å². The smallest absolute Gasteiger partial charge is 0.162 e. The fraction of sp³-hybridized carbons (Fsp3) is 0.286. The van der Waals surface area contributed by atoms with Crippen LogP contribution < -0.4 is 0 Å². The van der Waals surface area contributed by atoms with Crippen molar-refractivity contribution >= 4 is 23.2 Å². The van der Waals surface area contributed by atoms with E-state index in [2.05, 4.69) is 42.9 Å². The minimum atomic E-state index is 0.130. The molecule has 1 aromatic heterocycles. The molecule has 0 saturated heterocycles. The number of benzene rings is 1. The predicted molar refractivity (Wildman–Crippen MR) is 76.2 cm³/mol. The summed E-state index contributed by atoms with van der Waals surface area (Å²) < 4.78 is 0. The van der Waals surface area contributed by atoms with Crippen molar-refractivity contribution in [1.29, 1.82) is 0 Å². The van der Waals surface area contributed by atoms with Crippen LogP contribution in [-0.2, 0) is 5.41 Å². The first-order valence-corrected chi connectivity index (χ1v) is 6.43. The van der Waals surface area contributed by atoms with Gasteiger partial charge in [-0.1, -0.05) is 68.2 Å². The standard InChI is InChI=1S/C14H14Cl2N2/c1-14(2,3)10-6-4-9(5-7-10)13-17-11(15)8-12(16)18-13/h4-8H,1-3H3. The molecule has 0 saturated carbocycles. The second kappa shape index (κ2) is 4.87. The van der Waals surface area contributed by atoms with Gasteiger partial charge in [0.2, 0.25) is 0 Å². The summed E-state index contributed by atoms with van der Waals surface area (Å²) in [5.74, 6) is 0.549. The van der Waals surface area contributed by atoms with Gasteiger partial charge in [-0.15, -0.1) is 0 Å². The second-order valence-electron chi connectivity index (χ2n) is 5.16. The van der Waals surface area contributed by atoms with E-state index >= 15 is 0 Å². The number of nitrogens with zero attached hydrogens (tertiary/aromatic N) is 2. The van der Waals surface area contributed by atoms with Crippen molar-refractivity contribution in [2.75, 3.05) is 0 Å². The quantitative estimate of drug-likeness (QED) is 0.705. The summed E-state index contributed by atoms with van der Waals surface area (Å²) in [5, 5.41) is 0.704. The van der Waals surface area contributed by atoms with E-state index in [1.807, 2.05) is 12.1 Å². The SMILES string of the molecule is CC(C)(C)c1ccc(-c2nc(Cl)cc(Cl)n2)cc1. The molecule has 4 heteroatoms. The van der Waals surface area contributed by atoms with Gasteiger partial charge in [0, 0.05) is 11.6 Å². The average Bonchev–Trinajstić information content (AvgIpc) is 2.27. The number of halogens is 2. The van der Waals surface area contributed by atoms with Crippen LogP contribution in [0.4, 0.5) is 0 Å². The highest BCUT2D eigenvalue weighted by Gasteiger charge is 2.13. The van der Waals surface area contributed by atoms with Gasteiger partial charge >= 0.3 is 0 Å². The molecule has 2 aromatic rings. The summed E-state index contributed by atoms with van der Waals surface area (Å²) >= 11 is 11.7. The molecule has 0 aliphatic heterocycles. The zero-order chi connectivity index (χ0) is 13.3. The van der Waals surface area contributed by atoms with Crippen molar-refractivity contribution in [2.24, 2.45) is 0 Å². The monoisotopic (exact) mass is 280 g/mol. The molecule has 0 bridgehead atoms. The van der Waals surface area contributed by atoms with E-state index < -0.39 is 0 Å². The van der Waals surface area contributed by atoms with Gasteiger partial charge in [-0.25, -0.2) is 9.97 Å². The molecule has 0 unspecified atom stereocenters. The maximum Gasteiger partial charge on any atom is 0.162 e. The van der Waals surface area contributed by atoms with Crippen molar-refractivity contribution in [3.63, 3.8) is 0 Å². The molecule has 2 rings (SSSR count). The van der Waals surface area contributed by atoms with Gasteiger partial charge in [-0.3, -0.25) is 0 Å². The fourth-order valence-electron chi connectivity index (χ4n) is 1.64. The van der Waals surface area contributed by atoms with Crippen molar-refractivity contribution in [2.45, 2.75) is 26.2 Å². The van der Waals surface area contributed by atoms with Gasteiger partial charge < -0.3 is 0 Å². The average molecular weight is 281 g/mol. The van der Waals surface area contributed by atoms with Crippen LogP contribution in [0.25, 0.3) is 11.4 Å². The molecule has 0 aliphatic rings. The number of hydrogen-bond acceptors (Lipinski definition) is 2. The molecule has 2 nitrogen and oxygen atoms in total. The van der Waals surface area contributed by atoms with Crippen LogP contribution in [0.2, 0.25) is 10.3 Å². The number of hydrogen-bond donors (Lipinski definition) is 0. The van der Waals surface area contributed by atoms with Crippen LogP contribution in [0.1, 0.15) is 26.3 Å². The van der Waals surface area contributed by atoms with E-state index in [0.717, 1.165) is 5.56 Å². The maximum absolute atomic E-state index is 5.87. The van der Waals surface area contributed by atoms with Crippen molar-refractivity contribution in [3.8, 4) is 11.4 Å². The topological polar surface area (TPSA) is 25.8 Å². The molecular formula is C14H14Cl2N2. The Kier molecular flexibility index (Phi) is 3.60. The van der Waals surface area contributed by atoms with Crippen LogP contribution in [0.15, 0.2) is 30.3 Å². The summed E-state index contributed by atoms with van der Waals surface area (Å²) in [6.45, 7) is 6.53. The first-order valence-electron chi connectivity index (χ1n) is 5.67. The molecule has 94 valence electrons. The first-order chi connectivity index (χ1) is 8.36. The van der Waals surface area contributed by atoms with E-state index in [0.29, 0.717) is 16.1 Å². The van der Waals surface area contributed by atoms with Crippen LogP contribution in [0, 0.1) is 0 Å². The lowest BCUT2D eigenvalue weighted by Gasteiger charge is -2.18. The van der Waals surface area contributed by atoms with E-state index in [9.17, 15) is 0 Å². The third-order valence-electron chi connectivity index (χ3n) is 2.67. The van der Waals surface area contributed by atoms with Gasteiger partial charge in [-0.05, 0) is 11.0 Å². The highest BCUT2D eigenvalue weighted by atomic mass is 35.5. The number of rotatable bonds is 1. The number of aromatic nitrogens is 2. The molecule has 0 aliphatic carbocycles. The van der Waals surface area contributed by atoms with Crippen molar-refractivity contribution in [1.82, 2.24) is 9.97 Å². The Morgan fingerprint density at radius 3 is 1.83 bits per heavy atom. The van der Waals surface area contributed by atoms with E-state index in [-0.39, 0.29) is 5.41 Å². The van der Waals surface area contributed by atoms with E-state index in [4.69, 9.17) is 23.2 Å². The summed E-state index contributed by atoms with van der Waals surface area (Å²) in [6, 6.07) is 9.66. The van der Waals surface area contributed by atoms with Gasteiger partial charge in [0.05, 0.1) is 0 Å². The van der Waals surface area contributed by atoms with Gasteiger partial charge in [0.25, 0.3) is 0 Å². The largest absolute Gasteiger partial charge is 0.216 e. The zero-order valence-corrected chi connectivity index (χ0v) is 12.0. The molecule has 18 heavy (non-hydrogen) atoms. The highest BCUT2D eigenvalue weighted by molar-refractivity contribution is 6.33. The Bertz CT molecular complexity index is 537. The lowest BCUT2D eigenvalue weighted by atomic mass is 9.87. The summed E-state index contributed by atoms with van der Waals surface area (Å²) in [4.78, 5) is 8.33. The first kappa shape index (κ1) is 13.3. The molecule has 0 N–H and O–H groups in total. The Labute approximate surface area is 117 Å². The maximum atomic E-state index is 5.87. The predicted octanol–water partition coefficient (Wildman–Crippen LogP) is 4.75. The Hall–Kier alpha value is -1.12. The zero-order valence-electron chi connectivity index (χ0n) is 10.5. The third-order valence-corrected chi connectivity index (χ3v) is 3.06. The molecule has 1 heterocycles. The molecule has 0 radical (unpaired) electrons. The lowest BCUT2D eigenvalue weighted by molar-refractivity contribution is 0.590. The highest BCUT2D eigenvalue weighted by Crippen LogP contribution is 2.25. The minimum Gasteiger partial charge on any atom is -0.216 e. The molecule has 1 aromatic carbocycles. The Morgan fingerprint density at radius 2 is 1.39 bits per heavy atom. The second-order valence-corrected chi connectivity index (χ2v) is 5.94. The van der Waals surface area contributed by atoms with Crippen LogP contribution in [0.5, 0.6) is 0 Å². The van der Waals surface area contributed by atoms with Crippen LogP contribution in [-0.4, -0.2) is 9.97 Å². The van der Waals surface area contributed by atoms with Gasteiger partial charge in [-0.2, -0.15) is 0 Å². The van der Waals surface area contributed by atoms with E-state index in [1.54, 1.807) is 0 Å². The normalized spacial score (nSPS) is 11.6. The third kappa shape index (κ3) is 3.01. The van der Waals surface area contributed by atoms with Crippen molar-refractivity contribution in [3.05, 3.63) is 46.2 Å². The summed E-state index contributed by atoms with van der Waals surface area (Å²) in [7, 11) is 0. The Morgan fingerprint density at radius 1 is 0.889 bits per heavy atom. The molecule has 0 atom stereocenters. The minimum absolute atomic E-state index is 0.130. The van der Waals surface area contributed by atoms with Crippen LogP contribution in [0.3, 0.4) is 0 Å². The van der Waals surface area contributed by atoms with Gasteiger partial charge in [0.1, 0.15) is 10.3 Å². The summed E-state index contributed by atoms with van der Waals surface area (Å²) in [6.07, 6.45) is 0. The lowest BCUT2D eigenvalue weighted by Crippen LogP contribution is -2.10. The Balaban J connectivity index is 2.40. The molecule has 0 amide bonds. The van der Waals surface area contributed by atoms with Gasteiger partial charge in [0.15, 0.2) is 5.82 Å². The molecule has 0 fully saturated rings. The van der Waals surface area contributed by atoms with Crippen LogP contribution >= 0.6 is 23.2 Å².